The fourth-order valence-electron chi connectivity index (χ4n) is 3.33. The number of carbonyl (C=O) groups excluding carboxylic acids is 1. The van der Waals surface area contributed by atoms with Gasteiger partial charge in [-0.15, -0.1) is 0 Å². The van der Waals surface area contributed by atoms with E-state index in [2.05, 4.69) is 12.2 Å². The maximum Gasteiger partial charge on any atom is 0.410 e. The van der Waals surface area contributed by atoms with Crippen LogP contribution in [-0.2, 0) is 4.74 Å². The Balaban J connectivity index is 1.67. The summed E-state index contributed by atoms with van der Waals surface area (Å²) in [5.41, 5.74) is -0.403. The summed E-state index contributed by atoms with van der Waals surface area (Å²) in [6.07, 6.45) is 8.66. The summed E-state index contributed by atoms with van der Waals surface area (Å²) in [5, 5.41) is 3.65. The summed E-state index contributed by atoms with van der Waals surface area (Å²) < 4.78 is 5.53. The molecule has 0 heterocycles. The summed E-state index contributed by atoms with van der Waals surface area (Å²) in [5.74, 6) is 0.852. The largest absolute Gasteiger partial charge is 0.444 e. The van der Waals surface area contributed by atoms with Crippen molar-refractivity contribution in [3.8, 4) is 0 Å². The standard InChI is InChI=1S/C18H34N2O2/c1-14(15-8-5-6-9-15)19-12-7-13-20(16-10-11-16)17(21)22-18(2,3)4/h14-16,19H,5-13H2,1-4H3. The second-order valence-corrected chi connectivity index (χ2v) is 8.05. The lowest BCUT2D eigenvalue weighted by Crippen LogP contribution is -2.40. The molecule has 22 heavy (non-hydrogen) atoms. The van der Waals surface area contributed by atoms with Crippen molar-refractivity contribution in [1.29, 1.82) is 0 Å². The van der Waals surface area contributed by atoms with Crippen molar-refractivity contribution in [1.82, 2.24) is 10.2 Å². The molecule has 0 spiro atoms. The molecule has 4 heteroatoms. The van der Waals surface area contributed by atoms with Gasteiger partial charge in [-0.25, -0.2) is 4.79 Å². The quantitative estimate of drug-likeness (QED) is 0.724. The lowest BCUT2D eigenvalue weighted by Gasteiger charge is -2.28. The summed E-state index contributed by atoms with van der Waals surface area (Å²) in [7, 11) is 0. The van der Waals surface area contributed by atoms with Crippen LogP contribution in [-0.4, -0.2) is 41.8 Å². The second-order valence-electron chi connectivity index (χ2n) is 8.05. The van der Waals surface area contributed by atoms with Crippen LogP contribution >= 0.6 is 0 Å². The maximum absolute atomic E-state index is 12.3. The van der Waals surface area contributed by atoms with Gasteiger partial charge in [0.05, 0.1) is 0 Å². The zero-order valence-electron chi connectivity index (χ0n) is 14.9. The Kier molecular flexibility index (Phi) is 6.13. The van der Waals surface area contributed by atoms with Crippen molar-refractivity contribution < 1.29 is 9.53 Å². The third-order valence-corrected chi connectivity index (χ3v) is 4.76. The van der Waals surface area contributed by atoms with Crippen LogP contribution in [0.15, 0.2) is 0 Å². The monoisotopic (exact) mass is 310 g/mol. The fraction of sp³-hybridized carbons (Fsp3) is 0.944. The SMILES string of the molecule is CC(NCCCN(C(=O)OC(C)(C)C)C1CC1)C1CCCC1. The molecule has 2 aliphatic rings. The molecule has 0 aromatic heterocycles. The Hall–Kier alpha value is -0.770. The number of ether oxygens (including phenoxy) is 1. The normalized spacial score (nSPS) is 20.9. The van der Waals surface area contributed by atoms with Crippen molar-refractivity contribution in [2.24, 2.45) is 5.92 Å². The molecule has 0 saturated heterocycles. The van der Waals surface area contributed by atoms with Crippen molar-refractivity contribution in [3.63, 3.8) is 0 Å². The van der Waals surface area contributed by atoms with Crippen LogP contribution < -0.4 is 5.32 Å². The number of hydrogen-bond acceptors (Lipinski definition) is 3. The molecule has 2 saturated carbocycles. The van der Waals surface area contributed by atoms with Crippen LogP contribution in [0.2, 0.25) is 0 Å². The topological polar surface area (TPSA) is 41.6 Å². The molecule has 2 aliphatic carbocycles. The van der Waals surface area contributed by atoms with Gasteiger partial charge in [-0.2, -0.15) is 0 Å². The average molecular weight is 310 g/mol. The van der Waals surface area contributed by atoms with Gasteiger partial charge in [0.1, 0.15) is 5.60 Å². The van der Waals surface area contributed by atoms with Gasteiger partial charge in [0, 0.05) is 18.6 Å². The lowest BCUT2D eigenvalue weighted by molar-refractivity contribution is 0.0231. The number of rotatable bonds is 7. The van der Waals surface area contributed by atoms with Crippen LogP contribution in [0.1, 0.15) is 72.6 Å². The molecular formula is C18H34N2O2. The summed E-state index contributed by atoms with van der Waals surface area (Å²) in [4.78, 5) is 14.2. The third kappa shape index (κ3) is 5.79. The van der Waals surface area contributed by atoms with Crippen LogP contribution in [0.25, 0.3) is 0 Å². The van der Waals surface area contributed by atoms with E-state index in [1.807, 2.05) is 25.7 Å². The first kappa shape index (κ1) is 17.6. The van der Waals surface area contributed by atoms with E-state index < -0.39 is 5.60 Å². The van der Waals surface area contributed by atoms with Gasteiger partial charge in [-0.1, -0.05) is 12.8 Å². The van der Waals surface area contributed by atoms with Gasteiger partial charge in [0.15, 0.2) is 0 Å². The summed E-state index contributed by atoms with van der Waals surface area (Å²) in [6, 6.07) is 1.03. The number of nitrogens with zero attached hydrogens (tertiary/aromatic N) is 1. The Bertz CT molecular complexity index is 355. The van der Waals surface area contributed by atoms with E-state index >= 15 is 0 Å². The molecule has 1 atom stereocenters. The van der Waals surface area contributed by atoms with E-state index in [4.69, 9.17) is 4.74 Å². The average Bonchev–Trinajstić information content (AvgIpc) is 3.09. The van der Waals surface area contributed by atoms with E-state index in [-0.39, 0.29) is 6.09 Å². The molecule has 1 N–H and O–H groups in total. The van der Waals surface area contributed by atoms with Crippen molar-refractivity contribution in [2.75, 3.05) is 13.1 Å². The molecule has 2 rings (SSSR count). The number of carbonyl (C=O) groups is 1. The molecule has 0 aromatic rings. The summed E-state index contributed by atoms with van der Waals surface area (Å²) in [6.45, 7) is 9.90. The van der Waals surface area contributed by atoms with Crippen LogP contribution in [0.4, 0.5) is 4.79 Å². The fourth-order valence-corrected chi connectivity index (χ4v) is 3.33. The van der Waals surface area contributed by atoms with Gasteiger partial charge in [0.2, 0.25) is 0 Å². The summed E-state index contributed by atoms with van der Waals surface area (Å²) >= 11 is 0. The molecule has 0 aromatic carbocycles. The zero-order chi connectivity index (χ0) is 16.2. The van der Waals surface area contributed by atoms with E-state index in [1.54, 1.807) is 0 Å². The molecule has 0 radical (unpaired) electrons. The van der Waals surface area contributed by atoms with Gasteiger partial charge >= 0.3 is 6.09 Å². The van der Waals surface area contributed by atoms with E-state index in [1.165, 1.54) is 25.7 Å². The smallest absolute Gasteiger partial charge is 0.410 e. The minimum atomic E-state index is -0.403. The maximum atomic E-state index is 12.3. The van der Waals surface area contributed by atoms with Crippen LogP contribution in [0.3, 0.4) is 0 Å². The Morgan fingerprint density at radius 1 is 1.23 bits per heavy atom. The Morgan fingerprint density at radius 3 is 2.41 bits per heavy atom. The Labute approximate surface area is 136 Å². The molecular weight excluding hydrogens is 276 g/mol. The zero-order valence-corrected chi connectivity index (χ0v) is 14.9. The minimum Gasteiger partial charge on any atom is -0.444 e. The highest BCUT2D eigenvalue weighted by atomic mass is 16.6. The van der Waals surface area contributed by atoms with Crippen molar-refractivity contribution in [3.05, 3.63) is 0 Å². The van der Waals surface area contributed by atoms with Crippen LogP contribution in [0.5, 0.6) is 0 Å². The predicted octanol–water partition coefficient (Wildman–Crippen LogP) is 3.94. The van der Waals surface area contributed by atoms with E-state index in [0.29, 0.717) is 12.1 Å². The molecule has 4 nitrogen and oxygen atoms in total. The third-order valence-electron chi connectivity index (χ3n) is 4.76. The van der Waals surface area contributed by atoms with Crippen molar-refractivity contribution in [2.45, 2.75) is 90.3 Å². The number of amides is 1. The van der Waals surface area contributed by atoms with E-state index in [0.717, 1.165) is 38.3 Å². The molecule has 0 bridgehead atoms. The number of nitrogens with one attached hydrogen (secondary N) is 1. The molecule has 0 aliphatic heterocycles. The van der Waals surface area contributed by atoms with Crippen molar-refractivity contribution >= 4 is 6.09 Å². The Morgan fingerprint density at radius 2 is 1.86 bits per heavy atom. The number of hydrogen-bond donors (Lipinski definition) is 1. The molecule has 2 fully saturated rings. The highest BCUT2D eigenvalue weighted by Crippen LogP contribution is 2.29. The molecule has 128 valence electrons. The predicted molar refractivity (Wildman–Crippen MR) is 90.0 cm³/mol. The first-order valence-electron chi connectivity index (χ1n) is 9.10. The van der Waals surface area contributed by atoms with Gasteiger partial charge in [-0.05, 0) is 72.3 Å². The second kappa shape index (κ2) is 7.67. The van der Waals surface area contributed by atoms with Crippen LogP contribution in [0, 0.1) is 5.92 Å². The van der Waals surface area contributed by atoms with Gasteiger partial charge in [-0.3, -0.25) is 0 Å². The minimum absolute atomic E-state index is 0.140. The van der Waals surface area contributed by atoms with Gasteiger partial charge < -0.3 is 15.0 Å². The lowest BCUT2D eigenvalue weighted by atomic mass is 10.00. The molecule has 1 amide bonds. The first-order chi connectivity index (χ1) is 10.4. The highest BCUT2D eigenvalue weighted by molar-refractivity contribution is 5.69. The van der Waals surface area contributed by atoms with E-state index in [9.17, 15) is 4.79 Å². The highest BCUT2D eigenvalue weighted by Gasteiger charge is 2.34. The molecule has 1 unspecified atom stereocenters. The first-order valence-corrected chi connectivity index (χ1v) is 9.10. The van der Waals surface area contributed by atoms with Gasteiger partial charge in [0.25, 0.3) is 0 Å².